The van der Waals surface area contributed by atoms with E-state index >= 15 is 0 Å². The lowest BCUT2D eigenvalue weighted by molar-refractivity contribution is 0.384. The zero-order valence-electron chi connectivity index (χ0n) is 8.06. The summed E-state index contributed by atoms with van der Waals surface area (Å²) in [7, 11) is 0. The van der Waals surface area contributed by atoms with Crippen molar-refractivity contribution in [2.24, 2.45) is 11.8 Å². The van der Waals surface area contributed by atoms with Crippen molar-refractivity contribution in [1.29, 1.82) is 0 Å². The molecule has 0 fully saturated rings. The van der Waals surface area contributed by atoms with Gasteiger partial charge in [-0.3, -0.25) is 0 Å². The van der Waals surface area contributed by atoms with Crippen LogP contribution in [0.25, 0.3) is 0 Å². The van der Waals surface area contributed by atoms with Crippen LogP contribution in [-0.4, -0.2) is 0 Å². The van der Waals surface area contributed by atoms with Gasteiger partial charge in [-0.1, -0.05) is 38.8 Å². The number of allylic oxidation sites excluding steroid dienone is 2. The SMILES string of the molecule is CCC1=CCC(CC)C1CC. The Bertz CT molecular complexity index is 144. The molecule has 11 heavy (non-hydrogen) atoms. The summed E-state index contributed by atoms with van der Waals surface area (Å²) in [6.07, 6.45) is 7.80. The van der Waals surface area contributed by atoms with Crippen molar-refractivity contribution in [1.82, 2.24) is 0 Å². The highest BCUT2D eigenvalue weighted by molar-refractivity contribution is 5.14. The number of rotatable bonds is 3. The normalized spacial score (nSPS) is 30.6. The van der Waals surface area contributed by atoms with Crippen molar-refractivity contribution in [2.75, 3.05) is 0 Å². The lowest BCUT2D eigenvalue weighted by Gasteiger charge is -2.19. The molecule has 0 heteroatoms. The van der Waals surface area contributed by atoms with Crippen LogP contribution in [0.1, 0.15) is 46.5 Å². The Balaban J connectivity index is 2.57. The van der Waals surface area contributed by atoms with Crippen LogP contribution < -0.4 is 0 Å². The third-order valence-electron chi connectivity index (χ3n) is 3.10. The molecule has 0 nitrogen and oxygen atoms in total. The molecule has 0 radical (unpaired) electrons. The molecular weight excluding hydrogens is 132 g/mol. The van der Waals surface area contributed by atoms with Gasteiger partial charge in [0.2, 0.25) is 0 Å². The fourth-order valence-electron chi connectivity index (χ4n) is 2.37. The standard InChI is InChI=1S/C11H20/c1-4-9-7-8-10(5-2)11(9)6-3/h7,10-11H,4-6,8H2,1-3H3. The first kappa shape index (κ1) is 8.83. The maximum Gasteiger partial charge on any atom is -0.0175 e. The molecule has 1 rings (SSSR count). The van der Waals surface area contributed by atoms with Crippen molar-refractivity contribution in [3.05, 3.63) is 11.6 Å². The summed E-state index contributed by atoms with van der Waals surface area (Å²) in [6.45, 7) is 6.93. The monoisotopic (exact) mass is 152 g/mol. The molecule has 0 heterocycles. The van der Waals surface area contributed by atoms with Crippen LogP contribution in [0.4, 0.5) is 0 Å². The van der Waals surface area contributed by atoms with Crippen LogP contribution in [0.2, 0.25) is 0 Å². The minimum atomic E-state index is 0.921. The zero-order chi connectivity index (χ0) is 8.27. The Morgan fingerprint density at radius 3 is 2.45 bits per heavy atom. The van der Waals surface area contributed by atoms with Crippen molar-refractivity contribution < 1.29 is 0 Å². The van der Waals surface area contributed by atoms with Crippen molar-refractivity contribution in [3.63, 3.8) is 0 Å². The van der Waals surface area contributed by atoms with Crippen LogP contribution in [0.3, 0.4) is 0 Å². The molecule has 0 saturated carbocycles. The highest BCUT2D eigenvalue weighted by Crippen LogP contribution is 2.37. The van der Waals surface area contributed by atoms with Crippen molar-refractivity contribution in [3.8, 4) is 0 Å². The van der Waals surface area contributed by atoms with Gasteiger partial charge in [-0.05, 0) is 31.1 Å². The highest BCUT2D eigenvalue weighted by atomic mass is 14.3. The predicted octanol–water partition coefficient (Wildman–Crippen LogP) is 3.78. The largest absolute Gasteiger partial charge is 0.0848 e. The van der Waals surface area contributed by atoms with Crippen LogP contribution >= 0.6 is 0 Å². The molecule has 0 spiro atoms. The van der Waals surface area contributed by atoms with E-state index < -0.39 is 0 Å². The maximum atomic E-state index is 2.47. The van der Waals surface area contributed by atoms with Crippen LogP contribution in [-0.2, 0) is 0 Å². The van der Waals surface area contributed by atoms with Crippen LogP contribution in [0.5, 0.6) is 0 Å². The molecule has 0 amide bonds. The summed E-state index contributed by atoms with van der Waals surface area (Å²) >= 11 is 0. The first-order valence-electron chi connectivity index (χ1n) is 5.02. The summed E-state index contributed by atoms with van der Waals surface area (Å²) in [4.78, 5) is 0. The molecule has 1 aliphatic carbocycles. The van der Waals surface area contributed by atoms with Gasteiger partial charge in [0.1, 0.15) is 0 Å². The minimum Gasteiger partial charge on any atom is -0.0848 e. The van der Waals surface area contributed by atoms with Gasteiger partial charge >= 0.3 is 0 Å². The van der Waals surface area contributed by atoms with Gasteiger partial charge in [-0.15, -0.1) is 0 Å². The molecule has 0 aromatic heterocycles. The van der Waals surface area contributed by atoms with Gasteiger partial charge in [-0.2, -0.15) is 0 Å². The van der Waals surface area contributed by atoms with Crippen molar-refractivity contribution >= 4 is 0 Å². The van der Waals surface area contributed by atoms with E-state index in [4.69, 9.17) is 0 Å². The Morgan fingerprint density at radius 1 is 1.27 bits per heavy atom. The second-order valence-electron chi connectivity index (χ2n) is 3.55. The molecule has 2 unspecified atom stereocenters. The Labute approximate surface area is 70.7 Å². The Kier molecular flexibility index (Phi) is 3.16. The topological polar surface area (TPSA) is 0 Å². The molecule has 0 bridgehead atoms. The van der Waals surface area contributed by atoms with Crippen molar-refractivity contribution in [2.45, 2.75) is 46.5 Å². The highest BCUT2D eigenvalue weighted by Gasteiger charge is 2.25. The summed E-state index contributed by atoms with van der Waals surface area (Å²) in [5.41, 5.74) is 1.72. The molecule has 0 aliphatic heterocycles. The molecule has 64 valence electrons. The molecule has 1 aliphatic rings. The fourth-order valence-corrected chi connectivity index (χ4v) is 2.37. The third kappa shape index (κ3) is 1.66. The second kappa shape index (κ2) is 3.94. The quantitative estimate of drug-likeness (QED) is 0.540. The number of hydrogen-bond donors (Lipinski definition) is 0. The van der Waals surface area contributed by atoms with Gasteiger partial charge in [0.15, 0.2) is 0 Å². The van der Waals surface area contributed by atoms with E-state index in [1.165, 1.54) is 25.7 Å². The van der Waals surface area contributed by atoms with Gasteiger partial charge in [0.05, 0.1) is 0 Å². The lowest BCUT2D eigenvalue weighted by Crippen LogP contribution is -2.08. The average molecular weight is 152 g/mol. The molecule has 0 aromatic rings. The molecule has 0 N–H and O–H groups in total. The minimum absolute atomic E-state index is 0.921. The molecular formula is C11H20. The van der Waals surface area contributed by atoms with E-state index in [1.807, 2.05) is 0 Å². The molecule has 0 saturated heterocycles. The summed E-state index contributed by atoms with van der Waals surface area (Å²) < 4.78 is 0. The van der Waals surface area contributed by atoms with Gasteiger partial charge in [-0.25, -0.2) is 0 Å². The maximum absolute atomic E-state index is 2.47. The van der Waals surface area contributed by atoms with Crippen LogP contribution in [0.15, 0.2) is 11.6 Å². The fraction of sp³-hybridized carbons (Fsp3) is 0.818. The zero-order valence-corrected chi connectivity index (χ0v) is 8.06. The van der Waals surface area contributed by atoms with E-state index in [0.29, 0.717) is 0 Å². The number of hydrogen-bond acceptors (Lipinski definition) is 0. The van der Waals surface area contributed by atoms with E-state index in [2.05, 4.69) is 26.8 Å². The third-order valence-corrected chi connectivity index (χ3v) is 3.10. The summed E-state index contributed by atoms with van der Waals surface area (Å²) in [5.74, 6) is 1.89. The van der Waals surface area contributed by atoms with Gasteiger partial charge < -0.3 is 0 Å². The molecule has 0 aromatic carbocycles. The summed E-state index contributed by atoms with van der Waals surface area (Å²) in [5, 5.41) is 0. The smallest absolute Gasteiger partial charge is 0.0175 e. The summed E-state index contributed by atoms with van der Waals surface area (Å²) in [6, 6.07) is 0. The first-order valence-corrected chi connectivity index (χ1v) is 5.02. The Morgan fingerprint density at radius 2 is 2.00 bits per heavy atom. The van der Waals surface area contributed by atoms with E-state index in [9.17, 15) is 0 Å². The van der Waals surface area contributed by atoms with E-state index in [0.717, 1.165) is 11.8 Å². The predicted molar refractivity (Wildman–Crippen MR) is 50.6 cm³/mol. The molecule has 2 atom stereocenters. The van der Waals surface area contributed by atoms with Crippen LogP contribution in [0, 0.1) is 11.8 Å². The lowest BCUT2D eigenvalue weighted by atomic mass is 9.86. The van der Waals surface area contributed by atoms with Gasteiger partial charge in [0.25, 0.3) is 0 Å². The second-order valence-corrected chi connectivity index (χ2v) is 3.55. The average Bonchev–Trinajstić information content (AvgIpc) is 2.45. The first-order chi connectivity index (χ1) is 5.33. The van der Waals surface area contributed by atoms with E-state index in [-0.39, 0.29) is 0 Å². The van der Waals surface area contributed by atoms with Gasteiger partial charge in [0, 0.05) is 0 Å². The van der Waals surface area contributed by atoms with E-state index in [1.54, 1.807) is 5.57 Å². The Hall–Kier alpha value is -0.260.